The molecule has 2 fully saturated rings. The molecule has 2 aliphatic rings. The van der Waals surface area contributed by atoms with Gasteiger partial charge in [-0.2, -0.15) is 13.2 Å². The van der Waals surface area contributed by atoms with Crippen molar-refractivity contribution in [3.05, 3.63) is 0 Å². The first-order valence-electron chi connectivity index (χ1n) is 5.95. The first-order valence-corrected chi connectivity index (χ1v) is 5.95. The Morgan fingerprint density at radius 2 is 1.94 bits per heavy atom. The number of hydrogen-bond donors (Lipinski definition) is 1. The monoisotopic (exact) mass is 250 g/mol. The van der Waals surface area contributed by atoms with E-state index in [1.165, 1.54) is 4.90 Å². The Morgan fingerprint density at radius 1 is 1.35 bits per heavy atom. The SMILES string of the molecule is NC1(C(=O)N(CCC(F)(F)F)CC2CC2)CC1. The third kappa shape index (κ3) is 3.59. The van der Waals surface area contributed by atoms with Crippen molar-refractivity contribution in [2.24, 2.45) is 11.7 Å². The van der Waals surface area contributed by atoms with Gasteiger partial charge < -0.3 is 10.6 Å². The lowest BCUT2D eigenvalue weighted by Crippen LogP contribution is -2.47. The quantitative estimate of drug-likeness (QED) is 0.806. The maximum Gasteiger partial charge on any atom is 0.390 e. The zero-order valence-corrected chi connectivity index (χ0v) is 9.59. The van der Waals surface area contributed by atoms with Crippen LogP contribution >= 0.6 is 0 Å². The summed E-state index contributed by atoms with van der Waals surface area (Å²) in [6, 6.07) is 0. The van der Waals surface area contributed by atoms with Gasteiger partial charge in [-0.05, 0) is 31.6 Å². The summed E-state index contributed by atoms with van der Waals surface area (Å²) < 4.78 is 36.5. The molecule has 0 radical (unpaired) electrons. The molecule has 0 aromatic heterocycles. The average molecular weight is 250 g/mol. The van der Waals surface area contributed by atoms with Gasteiger partial charge in [-0.3, -0.25) is 4.79 Å². The fraction of sp³-hybridized carbons (Fsp3) is 0.909. The molecule has 0 unspecified atom stereocenters. The highest BCUT2D eigenvalue weighted by molar-refractivity contribution is 5.89. The number of rotatable bonds is 5. The molecule has 17 heavy (non-hydrogen) atoms. The Hall–Kier alpha value is -0.780. The highest BCUT2D eigenvalue weighted by Crippen LogP contribution is 2.37. The van der Waals surface area contributed by atoms with E-state index >= 15 is 0 Å². The standard InChI is InChI=1S/C11H17F3N2O/c12-11(13,14)5-6-16(7-8-1-2-8)9(17)10(15)3-4-10/h8H,1-7,15H2. The van der Waals surface area contributed by atoms with Crippen LogP contribution in [0.15, 0.2) is 0 Å². The number of nitrogens with zero attached hydrogens (tertiary/aromatic N) is 1. The van der Waals surface area contributed by atoms with Crippen LogP contribution < -0.4 is 5.73 Å². The van der Waals surface area contributed by atoms with Crippen molar-refractivity contribution in [1.82, 2.24) is 4.90 Å². The van der Waals surface area contributed by atoms with Crippen LogP contribution in [0.2, 0.25) is 0 Å². The van der Waals surface area contributed by atoms with Gasteiger partial charge in [-0.15, -0.1) is 0 Å². The van der Waals surface area contributed by atoms with Crippen LogP contribution in [0.1, 0.15) is 32.1 Å². The Labute approximate surface area is 98.1 Å². The van der Waals surface area contributed by atoms with Gasteiger partial charge in [0.1, 0.15) is 0 Å². The van der Waals surface area contributed by atoms with Crippen LogP contribution in [0.4, 0.5) is 13.2 Å². The first-order chi connectivity index (χ1) is 7.80. The van der Waals surface area contributed by atoms with Crippen LogP contribution in [0.25, 0.3) is 0 Å². The van der Waals surface area contributed by atoms with Crippen molar-refractivity contribution in [2.45, 2.75) is 43.8 Å². The molecular formula is C11H17F3N2O. The number of alkyl halides is 3. The maximum absolute atomic E-state index is 12.2. The Balaban J connectivity index is 1.90. The second-order valence-electron chi connectivity index (χ2n) is 5.22. The zero-order chi connectivity index (χ0) is 12.7. The minimum Gasteiger partial charge on any atom is -0.340 e. The molecule has 1 amide bonds. The Morgan fingerprint density at radius 3 is 2.35 bits per heavy atom. The van der Waals surface area contributed by atoms with E-state index in [0.717, 1.165) is 12.8 Å². The topological polar surface area (TPSA) is 46.3 Å². The number of hydrogen-bond acceptors (Lipinski definition) is 2. The van der Waals surface area contributed by atoms with Gasteiger partial charge in [0.15, 0.2) is 0 Å². The van der Waals surface area contributed by atoms with Crippen LogP contribution in [0, 0.1) is 5.92 Å². The normalized spacial score (nSPS) is 22.4. The second kappa shape index (κ2) is 4.15. The van der Waals surface area contributed by atoms with Gasteiger partial charge in [0.05, 0.1) is 12.0 Å². The summed E-state index contributed by atoms with van der Waals surface area (Å²) in [6.07, 6.45) is -1.95. The number of halogens is 3. The molecule has 2 aliphatic carbocycles. The van der Waals surface area contributed by atoms with Crippen LogP contribution in [0.5, 0.6) is 0 Å². The molecule has 3 nitrogen and oxygen atoms in total. The minimum absolute atomic E-state index is 0.252. The van der Waals surface area contributed by atoms with Crippen LogP contribution in [-0.4, -0.2) is 35.6 Å². The van der Waals surface area contributed by atoms with Gasteiger partial charge in [-0.1, -0.05) is 0 Å². The van der Waals surface area contributed by atoms with E-state index in [1.54, 1.807) is 0 Å². The predicted molar refractivity (Wildman–Crippen MR) is 56.1 cm³/mol. The molecule has 0 spiro atoms. The number of carbonyl (C=O) groups is 1. The third-order valence-corrected chi connectivity index (χ3v) is 3.34. The fourth-order valence-corrected chi connectivity index (χ4v) is 1.81. The highest BCUT2D eigenvalue weighted by Gasteiger charge is 2.49. The second-order valence-corrected chi connectivity index (χ2v) is 5.22. The molecule has 0 aliphatic heterocycles. The van der Waals surface area contributed by atoms with E-state index in [-0.39, 0.29) is 12.5 Å². The van der Waals surface area contributed by atoms with Crippen molar-refractivity contribution in [2.75, 3.05) is 13.1 Å². The van der Waals surface area contributed by atoms with Crippen molar-refractivity contribution in [1.29, 1.82) is 0 Å². The van der Waals surface area contributed by atoms with E-state index in [9.17, 15) is 18.0 Å². The molecule has 0 atom stereocenters. The van der Waals surface area contributed by atoms with E-state index in [0.29, 0.717) is 25.3 Å². The molecule has 98 valence electrons. The summed E-state index contributed by atoms with van der Waals surface area (Å²) in [5.41, 5.74) is 4.89. The van der Waals surface area contributed by atoms with Crippen molar-refractivity contribution in [3.8, 4) is 0 Å². The largest absolute Gasteiger partial charge is 0.390 e. The maximum atomic E-state index is 12.2. The predicted octanol–water partition coefficient (Wildman–Crippen LogP) is 1.67. The molecule has 2 rings (SSSR count). The summed E-state index contributed by atoms with van der Waals surface area (Å²) in [5, 5.41) is 0. The summed E-state index contributed by atoms with van der Waals surface area (Å²) in [5.74, 6) is 0.0863. The lowest BCUT2D eigenvalue weighted by molar-refractivity contribution is -0.146. The average Bonchev–Trinajstić information content (AvgIpc) is 3.08. The molecule has 0 aromatic carbocycles. The fourth-order valence-electron chi connectivity index (χ4n) is 1.81. The molecule has 2 saturated carbocycles. The van der Waals surface area contributed by atoms with Crippen molar-refractivity contribution in [3.63, 3.8) is 0 Å². The smallest absolute Gasteiger partial charge is 0.340 e. The third-order valence-electron chi connectivity index (χ3n) is 3.34. The summed E-state index contributed by atoms with van der Waals surface area (Å²) in [4.78, 5) is 13.3. The molecule has 6 heteroatoms. The van der Waals surface area contributed by atoms with Gasteiger partial charge in [0, 0.05) is 13.1 Å². The first kappa shape index (κ1) is 12.7. The van der Waals surface area contributed by atoms with E-state index in [1.807, 2.05) is 0 Å². The van der Waals surface area contributed by atoms with Crippen LogP contribution in [-0.2, 0) is 4.79 Å². The van der Waals surface area contributed by atoms with E-state index < -0.39 is 18.1 Å². The summed E-state index contributed by atoms with van der Waals surface area (Å²) >= 11 is 0. The molecule has 0 bridgehead atoms. The number of carbonyl (C=O) groups excluding carboxylic acids is 1. The summed E-state index contributed by atoms with van der Waals surface area (Å²) in [6.45, 7) is 0.186. The minimum atomic E-state index is -4.21. The highest BCUT2D eigenvalue weighted by atomic mass is 19.4. The van der Waals surface area contributed by atoms with Gasteiger partial charge in [-0.25, -0.2) is 0 Å². The molecule has 0 heterocycles. The molecule has 0 aromatic rings. The lowest BCUT2D eigenvalue weighted by atomic mass is 10.2. The number of amides is 1. The van der Waals surface area contributed by atoms with Gasteiger partial charge >= 0.3 is 6.18 Å². The van der Waals surface area contributed by atoms with Gasteiger partial charge in [0.2, 0.25) is 5.91 Å². The summed E-state index contributed by atoms with van der Waals surface area (Å²) in [7, 11) is 0. The Kier molecular flexibility index (Phi) is 3.10. The van der Waals surface area contributed by atoms with Crippen molar-refractivity contribution < 1.29 is 18.0 Å². The lowest BCUT2D eigenvalue weighted by Gasteiger charge is -2.26. The zero-order valence-electron chi connectivity index (χ0n) is 9.59. The number of nitrogens with two attached hydrogens (primary N) is 1. The van der Waals surface area contributed by atoms with E-state index in [2.05, 4.69) is 0 Å². The van der Waals surface area contributed by atoms with Crippen molar-refractivity contribution >= 4 is 5.91 Å². The Bertz CT molecular complexity index is 308. The van der Waals surface area contributed by atoms with Crippen LogP contribution in [0.3, 0.4) is 0 Å². The molecular weight excluding hydrogens is 233 g/mol. The van der Waals surface area contributed by atoms with E-state index in [4.69, 9.17) is 5.73 Å². The molecule has 2 N–H and O–H groups in total. The van der Waals surface area contributed by atoms with Gasteiger partial charge in [0.25, 0.3) is 0 Å². The molecule has 0 saturated heterocycles.